The molecule has 168 valence electrons. The van der Waals surface area contributed by atoms with Crippen molar-refractivity contribution in [3.63, 3.8) is 0 Å². The van der Waals surface area contributed by atoms with Gasteiger partial charge in [-0.3, -0.25) is 0 Å². The minimum Gasteiger partial charge on any atom is -0.406 e. The average Bonchev–Trinajstić information content (AvgIpc) is 3.39. The van der Waals surface area contributed by atoms with E-state index in [1.165, 1.54) is 12.1 Å². The van der Waals surface area contributed by atoms with Gasteiger partial charge in [0, 0.05) is 29.7 Å². The summed E-state index contributed by atoms with van der Waals surface area (Å²) >= 11 is 0. The molecule has 7 nitrogen and oxygen atoms in total. The van der Waals surface area contributed by atoms with Crippen molar-refractivity contribution < 1.29 is 17.9 Å². The second kappa shape index (κ2) is 7.99. The number of aryl methyl sites for hydroxylation is 1. The lowest BCUT2D eigenvalue weighted by Crippen LogP contribution is -2.21. The number of aromatic nitrogens is 5. The molecule has 0 bridgehead atoms. The monoisotopic (exact) mass is 444 g/mol. The Morgan fingerprint density at radius 2 is 2.00 bits per heavy atom. The molecule has 32 heavy (non-hydrogen) atoms. The standard InChI is InChI=1S/C22H23F3N6O/c1-13-10-16(32-22(23,24)25)6-7-18(13)27-11-14-2-4-15(5-3-14)19-20-17-8-9-26-21(17)28-12-31(20)30-29-19/h6-10,12,14-15,26-27H,2-5,11H2,1H3. The van der Waals surface area contributed by atoms with Gasteiger partial charge in [0.25, 0.3) is 0 Å². The molecular weight excluding hydrogens is 421 g/mol. The number of benzene rings is 1. The zero-order valence-corrected chi connectivity index (χ0v) is 17.5. The smallest absolute Gasteiger partial charge is 0.406 e. The fourth-order valence-electron chi connectivity index (χ4n) is 4.62. The van der Waals surface area contributed by atoms with Gasteiger partial charge in [0.05, 0.1) is 5.69 Å². The van der Waals surface area contributed by atoms with Crippen molar-refractivity contribution in [1.82, 2.24) is 24.8 Å². The normalized spacial score (nSPS) is 19.5. The summed E-state index contributed by atoms with van der Waals surface area (Å²) < 4.78 is 42.9. The lowest BCUT2D eigenvalue weighted by molar-refractivity contribution is -0.274. The molecule has 4 aromatic rings. The molecule has 3 heterocycles. The zero-order valence-electron chi connectivity index (χ0n) is 17.5. The van der Waals surface area contributed by atoms with Crippen LogP contribution in [0.1, 0.15) is 42.9 Å². The third-order valence-corrected chi connectivity index (χ3v) is 6.24. The van der Waals surface area contributed by atoms with E-state index in [1.54, 1.807) is 23.8 Å². The molecule has 10 heteroatoms. The molecule has 1 aliphatic rings. The number of hydrogen-bond acceptors (Lipinski definition) is 5. The minimum atomic E-state index is -4.68. The molecule has 1 fully saturated rings. The van der Waals surface area contributed by atoms with Gasteiger partial charge in [-0.1, -0.05) is 5.21 Å². The maximum Gasteiger partial charge on any atom is 0.573 e. The molecule has 0 radical (unpaired) electrons. The number of aromatic amines is 1. The first-order valence-electron chi connectivity index (χ1n) is 10.6. The minimum absolute atomic E-state index is 0.200. The quantitative estimate of drug-likeness (QED) is 0.442. The number of alkyl halides is 3. The van der Waals surface area contributed by atoms with Crippen molar-refractivity contribution in [1.29, 1.82) is 0 Å². The number of halogens is 3. The first-order valence-corrected chi connectivity index (χ1v) is 10.6. The van der Waals surface area contributed by atoms with E-state index in [9.17, 15) is 13.2 Å². The van der Waals surface area contributed by atoms with Crippen LogP contribution in [0.4, 0.5) is 18.9 Å². The van der Waals surface area contributed by atoms with Gasteiger partial charge in [-0.05, 0) is 68.4 Å². The molecule has 0 unspecified atom stereocenters. The molecule has 0 aliphatic heterocycles. The predicted octanol–water partition coefficient (Wildman–Crippen LogP) is 5.20. The summed E-state index contributed by atoms with van der Waals surface area (Å²) in [5.74, 6) is 0.644. The van der Waals surface area contributed by atoms with Gasteiger partial charge in [0.15, 0.2) is 0 Å². The van der Waals surface area contributed by atoms with Gasteiger partial charge in [-0.25, -0.2) is 9.50 Å². The molecule has 5 rings (SSSR count). The molecule has 0 amide bonds. The molecule has 3 aromatic heterocycles. The van der Waals surface area contributed by atoms with Crippen LogP contribution in [0.5, 0.6) is 5.75 Å². The second-order valence-corrected chi connectivity index (χ2v) is 8.38. The Labute approximate surface area is 182 Å². The summed E-state index contributed by atoms with van der Waals surface area (Å²) in [5, 5.41) is 13.1. The molecule has 0 atom stereocenters. The third-order valence-electron chi connectivity index (χ3n) is 6.24. The van der Waals surface area contributed by atoms with E-state index in [4.69, 9.17) is 0 Å². The van der Waals surface area contributed by atoms with Gasteiger partial charge >= 0.3 is 6.36 Å². The summed E-state index contributed by atoms with van der Waals surface area (Å²) in [6.07, 6.45) is 3.02. The molecule has 2 N–H and O–H groups in total. The summed E-state index contributed by atoms with van der Waals surface area (Å²) in [7, 11) is 0. The largest absolute Gasteiger partial charge is 0.573 e. The molecule has 1 aromatic carbocycles. The lowest BCUT2D eigenvalue weighted by atomic mass is 9.80. The van der Waals surface area contributed by atoms with E-state index in [0.717, 1.165) is 65.7 Å². The van der Waals surface area contributed by atoms with Crippen LogP contribution in [-0.2, 0) is 0 Å². The zero-order chi connectivity index (χ0) is 22.3. The first-order chi connectivity index (χ1) is 15.4. The highest BCUT2D eigenvalue weighted by Gasteiger charge is 2.31. The van der Waals surface area contributed by atoms with Crippen LogP contribution in [0, 0.1) is 12.8 Å². The summed E-state index contributed by atoms with van der Waals surface area (Å²) in [4.78, 5) is 7.49. The topological polar surface area (TPSA) is 80.1 Å². The molecular formula is C22H23F3N6O. The fourth-order valence-corrected chi connectivity index (χ4v) is 4.62. The first kappa shape index (κ1) is 20.6. The lowest BCUT2D eigenvalue weighted by Gasteiger charge is -2.28. The van der Waals surface area contributed by atoms with Crippen molar-refractivity contribution in [2.45, 2.75) is 44.9 Å². The van der Waals surface area contributed by atoms with E-state index in [2.05, 4.69) is 30.3 Å². The van der Waals surface area contributed by atoms with E-state index < -0.39 is 6.36 Å². The number of nitrogens with zero attached hydrogens (tertiary/aromatic N) is 4. The highest BCUT2D eigenvalue weighted by atomic mass is 19.4. The third kappa shape index (κ3) is 4.09. The molecule has 1 saturated carbocycles. The summed E-state index contributed by atoms with van der Waals surface area (Å²) in [5.41, 5.74) is 4.43. The van der Waals surface area contributed by atoms with Crippen molar-refractivity contribution in [2.24, 2.45) is 5.92 Å². The van der Waals surface area contributed by atoms with Crippen molar-refractivity contribution in [3.8, 4) is 5.75 Å². The van der Waals surface area contributed by atoms with Gasteiger partial charge in [0.2, 0.25) is 0 Å². The average molecular weight is 444 g/mol. The highest BCUT2D eigenvalue weighted by Crippen LogP contribution is 2.38. The Hall–Kier alpha value is -3.30. The molecule has 1 aliphatic carbocycles. The number of H-pyrrole nitrogens is 1. The summed E-state index contributed by atoms with van der Waals surface area (Å²) in [6.45, 7) is 2.55. The Bertz CT molecular complexity index is 1240. The van der Waals surface area contributed by atoms with Gasteiger partial charge in [0.1, 0.15) is 23.2 Å². The van der Waals surface area contributed by atoms with Gasteiger partial charge in [-0.2, -0.15) is 0 Å². The van der Waals surface area contributed by atoms with Crippen molar-refractivity contribution in [2.75, 3.05) is 11.9 Å². The molecule has 0 saturated heterocycles. The Morgan fingerprint density at radius 1 is 1.19 bits per heavy atom. The predicted molar refractivity (Wildman–Crippen MR) is 114 cm³/mol. The second-order valence-electron chi connectivity index (χ2n) is 8.38. The molecule has 0 spiro atoms. The number of anilines is 1. The van der Waals surface area contributed by atoms with E-state index >= 15 is 0 Å². The van der Waals surface area contributed by atoms with Crippen LogP contribution in [0.25, 0.3) is 16.6 Å². The van der Waals surface area contributed by atoms with Gasteiger partial charge in [-0.15, -0.1) is 18.3 Å². The number of fused-ring (bicyclic) bond motifs is 3. The fraction of sp³-hybridized carbons (Fsp3) is 0.409. The number of nitrogens with one attached hydrogen (secondary N) is 2. The summed E-state index contributed by atoms with van der Waals surface area (Å²) in [6, 6.07) is 6.39. The highest BCUT2D eigenvalue weighted by molar-refractivity contribution is 5.92. The number of hydrogen-bond donors (Lipinski definition) is 2. The number of rotatable bonds is 5. The van der Waals surface area contributed by atoms with Crippen LogP contribution in [-0.4, -0.2) is 37.7 Å². The van der Waals surface area contributed by atoms with E-state index in [-0.39, 0.29) is 5.75 Å². The van der Waals surface area contributed by atoms with Crippen LogP contribution in [0.15, 0.2) is 36.8 Å². The Balaban J connectivity index is 1.21. The van der Waals surface area contributed by atoms with E-state index in [0.29, 0.717) is 11.8 Å². The van der Waals surface area contributed by atoms with Crippen LogP contribution in [0.3, 0.4) is 0 Å². The SMILES string of the molecule is Cc1cc(OC(F)(F)F)ccc1NCC1CCC(c2nnn3cnc4[nH]ccc4c23)CC1. The maximum atomic E-state index is 12.4. The Kier molecular flexibility index (Phi) is 5.15. The van der Waals surface area contributed by atoms with Crippen LogP contribution < -0.4 is 10.1 Å². The maximum absolute atomic E-state index is 12.4. The number of ether oxygens (including phenoxy) is 1. The van der Waals surface area contributed by atoms with Crippen LogP contribution >= 0.6 is 0 Å². The van der Waals surface area contributed by atoms with Crippen LogP contribution in [0.2, 0.25) is 0 Å². The van der Waals surface area contributed by atoms with Crippen molar-refractivity contribution in [3.05, 3.63) is 48.0 Å². The van der Waals surface area contributed by atoms with Crippen molar-refractivity contribution >= 4 is 22.2 Å². The van der Waals surface area contributed by atoms with Gasteiger partial charge < -0.3 is 15.0 Å². The Morgan fingerprint density at radius 3 is 2.75 bits per heavy atom. The van der Waals surface area contributed by atoms with E-state index in [1.807, 2.05) is 12.3 Å².